The molecule has 1 aromatic carbocycles. The Labute approximate surface area is 117 Å². The van der Waals surface area contributed by atoms with Crippen molar-refractivity contribution in [2.75, 3.05) is 23.8 Å². The Balaban J connectivity index is 2.13. The first-order valence-corrected chi connectivity index (χ1v) is 9.26. The lowest BCUT2D eigenvalue weighted by Crippen LogP contribution is -2.31. The molecule has 6 nitrogen and oxygen atoms in total. The minimum Gasteiger partial charge on any atom is -0.398 e. The van der Waals surface area contributed by atoms with E-state index >= 15 is 0 Å². The van der Waals surface area contributed by atoms with Crippen LogP contribution in [0.5, 0.6) is 0 Å². The summed E-state index contributed by atoms with van der Waals surface area (Å²) in [6.07, 6.45) is 0.400. The lowest BCUT2D eigenvalue weighted by atomic mass is 10.1. The highest BCUT2D eigenvalue weighted by atomic mass is 32.2. The largest absolute Gasteiger partial charge is 0.398 e. The van der Waals surface area contributed by atoms with Gasteiger partial charge in [0.25, 0.3) is 0 Å². The third kappa shape index (κ3) is 3.28. The summed E-state index contributed by atoms with van der Waals surface area (Å²) < 4.78 is 62.4. The zero-order valence-electron chi connectivity index (χ0n) is 10.5. The molecule has 1 aromatic rings. The van der Waals surface area contributed by atoms with Gasteiger partial charge in [-0.3, -0.25) is 0 Å². The van der Waals surface area contributed by atoms with Gasteiger partial charge >= 0.3 is 0 Å². The number of hydrogen-bond donors (Lipinski definition) is 2. The molecule has 1 aliphatic rings. The van der Waals surface area contributed by atoms with Crippen molar-refractivity contribution in [2.24, 2.45) is 5.92 Å². The van der Waals surface area contributed by atoms with E-state index in [9.17, 15) is 21.2 Å². The average molecular weight is 322 g/mol. The quantitative estimate of drug-likeness (QED) is 0.766. The fourth-order valence-electron chi connectivity index (χ4n) is 2.14. The Morgan fingerprint density at radius 3 is 2.65 bits per heavy atom. The van der Waals surface area contributed by atoms with Crippen LogP contribution in [0.15, 0.2) is 23.1 Å². The summed E-state index contributed by atoms with van der Waals surface area (Å²) in [5.74, 6) is -1.22. The van der Waals surface area contributed by atoms with Crippen molar-refractivity contribution in [1.82, 2.24) is 4.72 Å². The normalized spacial score (nSPS) is 21.9. The molecule has 1 aliphatic heterocycles. The number of anilines is 1. The van der Waals surface area contributed by atoms with Crippen LogP contribution in [0.2, 0.25) is 0 Å². The van der Waals surface area contributed by atoms with E-state index < -0.39 is 30.6 Å². The highest BCUT2D eigenvalue weighted by molar-refractivity contribution is 7.91. The molecule has 9 heteroatoms. The average Bonchev–Trinajstić information content (AvgIpc) is 2.66. The maximum absolute atomic E-state index is 13.6. The van der Waals surface area contributed by atoms with Gasteiger partial charge in [0.2, 0.25) is 10.0 Å². The first kappa shape index (κ1) is 15.2. The van der Waals surface area contributed by atoms with Crippen LogP contribution >= 0.6 is 0 Å². The topological polar surface area (TPSA) is 106 Å². The minimum absolute atomic E-state index is 0.0463. The van der Waals surface area contributed by atoms with Crippen molar-refractivity contribution in [3.63, 3.8) is 0 Å². The molecule has 0 spiro atoms. The summed E-state index contributed by atoms with van der Waals surface area (Å²) in [7, 11) is -7.17. The molecule has 1 unspecified atom stereocenters. The molecular weight excluding hydrogens is 307 g/mol. The van der Waals surface area contributed by atoms with E-state index in [0.717, 1.165) is 6.07 Å². The third-order valence-corrected chi connectivity index (χ3v) is 6.51. The zero-order valence-corrected chi connectivity index (χ0v) is 12.2. The summed E-state index contributed by atoms with van der Waals surface area (Å²) in [5, 5.41) is 0. The van der Waals surface area contributed by atoms with Crippen LogP contribution in [0.4, 0.5) is 10.1 Å². The van der Waals surface area contributed by atoms with Gasteiger partial charge in [-0.15, -0.1) is 0 Å². The number of sulfonamides is 1. The summed E-state index contributed by atoms with van der Waals surface area (Å²) in [6.45, 7) is -0.0463. The number of nitrogens with two attached hydrogens (primary N) is 1. The van der Waals surface area contributed by atoms with Gasteiger partial charge in [0.05, 0.1) is 17.2 Å². The molecule has 112 valence electrons. The van der Waals surface area contributed by atoms with Gasteiger partial charge in [-0.05, 0) is 24.5 Å². The van der Waals surface area contributed by atoms with Crippen LogP contribution in [0.1, 0.15) is 6.42 Å². The molecule has 0 radical (unpaired) electrons. The Kier molecular flexibility index (Phi) is 4.03. The van der Waals surface area contributed by atoms with E-state index in [4.69, 9.17) is 5.73 Å². The molecule has 1 saturated heterocycles. The Hall–Kier alpha value is -1.19. The van der Waals surface area contributed by atoms with Crippen LogP contribution in [0, 0.1) is 11.7 Å². The number of nitrogen functional groups attached to an aromatic ring is 1. The van der Waals surface area contributed by atoms with Crippen molar-refractivity contribution >= 4 is 25.5 Å². The van der Waals surface area contributed by atoms with E-state index in [-0.39, 0.29) is 29.7 Å². The maximum Gasteiger partial charge on any atom is 0.245 e. The zero-order chi connectivity index (χ0) is 15.0. The second kappa shape index (κ2) is 5.30. The predicted molar refractivity (Wildman–Crippen MR) is 72.8 cm³/mol. The van der Waals surface area contributed by atoms with Crippen LogP contribution < -0.4 is 10.5 Å². The van der Waals surface area contributed by atoms with Gasteiger partial charge in [0.15, 0.2) is 9.84 Å². The van der Waals surface area contributed by atoms with Crippen LogP contribution in [-0.2, 0) is 19.9 Å². The van der Waals surface area contributed by atoms with Crippen molar-refractivity contribution in [1.29, 1.82) is 0 Å². The first-order chi connectivity index (χ1) is 9.21. The van der Waals surface area contributed by atoms with Crippen molar-refractivity contribution in [3.8, 4) is 0 Å². The smallest absolute Gasteiger partial charge is 0.245 e. The summed E-state index contributed by atoms with van der Waals surface area (Å²) in [4.78, 5) is -0.596. The molecule has 0 aliphatic carbocycles. The van der Waals surface area contributed by atoms with E-state index in [1.165, 1.54) is 12.1 Å². The SMILES string of the molecule is Nc1cccc(F)c1S(=O)(=O)NCC1CCS(=O)(=O)C1. The van der Waals surface area contributed by atoms with Gasteiger partial charge in [-0.25, -0.2) is 25.9 Å². The van der Waals surface area contributed by atoms with Crippen LogP contribution in [-0.4, -0.2) is 34.9 Å². The van der Waals surface area contributed by atoms with Crippen LogP contribution in [0.3, 0.4) is 0 Å². The van der Waals surface area contributed by atoms with Gasteiger partial charge in [0, 0.05) is 6.54 Å². The van der Waals surface area contributed by atoms with E-state index in [1.54, 1.807) is 0 Å². The van der Waals surface area contributed by atoms with Gasteiger partial charge in [-0.2, -0.15) is 0 Å². The molecule has 1 fully saturated rings. The Bertz CT molecular complexity index is 696. The van der Waals surface area contributed by atoms with Crippen molar-refractivity contribution in [2.45, 2.75) is 11.3 Å². The predicted octanol–water partition coefficient (Wildman–Crippen LogP) is 0.121. The Morgan fingerprint density at radius 1 is 1.40 bits per heavy atom. The van der Waals surface area contributed by atoms with E-state index in [1.807, 2.05) is 0 Å². The van der Waals surface area contributed by atoms with Gasteiger partial charge < -0.3 is 5.73 Å². The van der Waals surface area contributed by atoms with Crippen molar-refractivity contribution in [3.05, 3.63) is 24.0 Å². The fourth-order valence-corrected chi connectivity index (χ4v) is 5.31. The number of nitrogens with one attached hydrogen (secondary N) is 1. The molecule has 0 saturated carbocycles. The second-order valence-corrected chi connectivity index (χ2v) is 8.71. The van der Waals surface area contributed by atoms with Gasteiger partial charge in [0.1, 0.15) is 10.7 Å². The number of benzene rings is 1. The monoisotopic (exact) mass is 322 g/mol. The summed E-state index contributed by atoms with van der Waals surface area (Å²) in [5.41, 5.74) is 5.30. The molecule has 20 heavy (non-hydrogen) atoms. The highest BCUT2D eigenvalue weighted by Crippen LogP contribution is 2.23. The molecule has 3 N–H and O–H groups in total. The number of halogens is 1. The van der Waals surface area contributed by atoms with Crippen molar-refractivity contribution < 1.29 is 21.2 Å². The lowest BCUT2D eigenvalue weighted by Gasteiger charge is -2.12. The van der Waals surface area contributed by atoms with Crippen LogP contribution in [0.25, 0.3) is 0 Å². The number of hydrogen-bond acceptors (Lipinski definition) is 5. The molecule has 0 bridgehead atoms. The maximum atomic E-state index is 13.6. The standard InChI is InChI=1S/C11H15FN2O4S2/c12-9-2-1-3-10(13)11(9)20(17,18)14-6-8-4-5-19(15,16)7-8/h1-3,8,14H,4-7,13H2. The molecule has 0 amide bonds. The third-order valence-electron chi connectivity index (χ3n) is 3.15. The fraction of sp³-hybridized carbons (Fsp3) is 0.455. The second-order valence-electron chi connectivity index (χ2n) is 4.78. The molecular formula is C11H15FN2O4S2. The highest BCUT2D eigenvalue weighted by Gasteiger charge is 2.30. The number of rotatable bonds is 4. The number of sulfone groups is 1. The summed E-state index contributed by atoms with van der Waals surface area (Å²) >= 11 is 0. The molecule has 2 rings (SSSR count). The lowest BCUT2D eigenvalue weighted by molar-refractivity contribution is 0.533. The minimum atomic E-state index is -4.09. The van der Waals surface area contributed by atoms with E-state index in [2.05, 4.69) is 4.72 Å². The van der Waals surface area contributed by atoms with E-state index in [0.29, 0.717) is 6.42 Å². The molecule has 0 aromatic heterocycles. The summed E-state index contributed by atoms with van der Waals surface area (Å²) in [6, 6.07) is 3.61. The Morgan fingerprint density at radius 2 is 2.10 bits per heavy atom. The first-order valence-electron chi connectivity index (χ1n) is 5.95. The molecule has 1 atom stereocenters. The van der Waals surface area contributed by atoms with Gasteiger partial charge in [-0.1, -0.05) is 6.07 Å². The molecule has 1 heterocycles.